The Kier molecular flexibility index (Phi) is 6.77. The zero-order valence-corrected chi connectivity index (χ0v) is 17.2. The predicted octanol–water partition coefficient (Wildman–Crippen LogP) is 4.14. The monoisotopic (exact) mass is 457 g/mol. The molecule has 1 saturated heterocycles. The maximum Gasteiger partial charge on any atom is 0.270 e. The SMILES string of the molecule is O=C(N/C(=C/c1ccc(Br)cc1)C(=O)N1CCCCC1)c1ccc([N+](=O)[O-])cc1. The third-order valence-corrected chi connectivity index (χ3v) is 5.17. The predicted molar refractivity (Wildman–Crippen MR) is 113 cm³/mol. The molecule has 29 heavy (non-hydrogen) atoms. The van der Waals surface area contributed by atoms with Crippen molar-refractivity contribution in [2.75, 3.05) is 13.1 Å². The number of non-ortho nitro benzene ring substituents is 1. The Bertz CT molecular complexity index is 933. The van der Waals surface area contributed by atoms with E-state index in [-0.39, 0.29) is 22.9 Å². The van der Waals surface area contributed by atoms with E-state index in [1.807, 2.05) is 24.3 Å². The third kappa shape index (κ3) is 5.51. The number of rotatable bonds is 5. The van der Waals surface area contributed by atoms with Gasteiger partial charge in [0.1, 0.15) is 5.70 Å². The Morgan fingerprint density at radius 1 is 1.00 bits per heavy atom. The number of hydrogen-bond donors (Lipinski definition) is 1. The lowest BCUT2D eigenvalue weighted by Gasteiger charge is -2.27. The minimum Gasteiger partial charge on any atom is -0.337 e. The normalized spacial score (nSPS) is 14.4. The van der Waals surface area contributed by atoms with Crippen LogP contribution in [0.5, 0.6) is 0 Å². The highest BCUT2D eigenvalue weighted by Gasteiger charge is 2.22. The molecule has 0 aromatic heterocycles. The van der Waals surface area contributed by atoms with Crippen LogP contribution in [0.3, 0.4) is 0 Å². The Balaban J connectivity index is 1.85. The van der Waals surface area contributed by atoms with Crippen LogP contribution in [0.2, 0.25) is 0 Å². The molecule has 0 aliphatic carbocycles. The molecule has 0 saturated carbocycles. The molecular weight excluding hydrogens is 438 g/mol. The van der Waals surface area contributed by atoms with Crippen molar-refractivity contribution < 1.29 is 14.5 Å². The quantitative estimate of drug-likeness (QED) is 0.414. The van der Waals surface area contributed by atoms with E-state index in [1.165, 1.54) is 24.3 Å². The Morgan fingerprint density at radius 2 is 1.62 bits per heavy atom. The number of benzene rings is 2. The van der Waals surface area contributed by atoms with Crippen molar-refractivity contribution in [1.29, 1.82) is 0 Å². The number of nitro benzene ring substituents is 1. The van der Waals surface area contributed by atoms with Crippen LogP contribution in [0.25, 0.3) is 6.08 Å². The number of amides is 2. The van der Waals surface area contributed by atoms with Gasteiger partial charge in [-0.3, -0.25) is 19.7 Å². The molecule has 7 nitrogen and oxygen atoms in total. The molecule has 8 heteroatoms. The van der Waals surface area contributed by atoms with Gasteiger partial charge in [0.2, 0.25) is 0 Å². The van der Waals surface area contributed by atoms with Crippen molar-refractivity contribution in [2.24, 2.45) is 0 Å². The second kappa shape index (κ2) is 9.47. The summed E-state index contributed by atoms with van der Waals surface area (Å²) in [7, 11) is 0. The summed E-state index contributed by atoms with van der Waals surface area (Å²) in [5.74, 6) is -0.725. The fourth-order valence-electron chi connectivity index (χ4n) is 3.07. The number of halogens is 1. The summed E-state index contributed by atoms with van der Waals surface area (Å²) >= 11 is 3.38. The first-order valence-corrected chi connectivity index (χ1v) is 10.1. The number of carbonyl (C=O) groups excluding carboxylic acids is 2. The Hall–Kier alpha value is -3.00. The topological polar surface area (TPSA) is 92.6 Å². The van der Waals surface area contributed by atoms with Crippen LogP contribution in [0.4, 0.5) is 5.69 Å². The summed E-state index contributed by atoms with van der Waals surface area (Å²) in [6.07, 6.45) is 4.61. The zero-order valence-electron chi connectivity index (χ0n) is 15.6. The van der Waals surface area contributed by atoms with Gasteiger partial charge < -0.3 is 10.2 Å². The van der Waals surface area contributed by atoms with Crippen molar-refractivity contribution in [1.82, 2.24) is 10.2 Å². The molecule has 3 rings (SSSR count). The first kappa shape index (κ1) is 20.7. The first-order valence-electron chi connectivity index (χ1n) is 9.26. The highest BCUT2D eigenvalue weighted by atomic mass is 79.9. The smallest absolute Gasteiger partial charge is 0.270 e. The number of nitrogens with zero attached hydrogens (tertiary/aromatic N) is 2. The van der Waals surface area contributed by atoms with Crippen LogP contribution in [0.1, 0.15) is 35.2 Å². The molecule has 0 radical (unpaired) electrons. The summed E-state index contributed by atoms with van der Waals surface area (Å²) in [6.45, 7) is 1.31. The standard InChI is InChI=1S/C21H20BrN3O4/c22-17-8-4-15(5-9-17)14-19(21(27)24-12-2-1-3-13-24)23-20(26)16-6-10-18(11-7-16)25(28)29/h4-11,14H,1-3,12-13H2,(H,23,26)/b19-14+. The van der Waals surface area contributed by atoms with Gasteiger partial charge in [0, 0.05) is 35.3 Å². The summed E-state index contributed by atoms with van der Waals surface area (Å²) in [6, 6.07) is 12.7. The maximum atomic E-state index is 13.0. The van der Waals surface area contributed by atoms with Crippen LogP contribution in [0, 0.1) is 10.1 Å². The molecule has 2 amide bonds. The van der Waals surface area contributed by atoms with E-state index < -0.39 is 10.8 Å². The Labute approximate surface area is 176 Å². The van der Waals surface area contributed by atoms with Crippen molar-refractivity contribution in [3.05, 3.63) is 79.9 Å². The molecular formula is C21H20BrN3O4. The van der Waals surface area contributed by atoms with Gasteiger partial charge in [-0.15, -0.1) is 0 Å². The van der Waals surface area contributed by atoms with Crippen LogP contribution < -0.4 is 5.32 Å². The zero-order chi connectivity index (χ0) is 20.8. The lowest BCUT2D eigenvalue weighted by Crippen LogP contribution is -2.41. The van der Waals surface area contributed by atoms with Crippen molar-refractivity contribution in [2.45, 2.75) is 19.3 Å². The number of likely N-dealkylation sites (tertiary alicyclic amines) is 1. The van der Waals surface area contributed by atoms with Gasteiger partial charge >= 0.3 is 0 Å². The molecule has 1 fully saturated rings. The molecule has 0 bridgehead atoms. The van der Waals surface area contributed by atoms with Crippen LogP contribution in [-0.2, 0) is 4.79 Å². The molecule has 0 unspecified atom stereocenters. The summed E-state index contributed by atoms with van der Waals surface area (Å²) < 4.78 is 0.911. The van der Waals surface area contributed by atoms with Gasteiger partial charge in [0.15, 0.2) is 0 Å². The van der Waals surface area contributed by atoms with E-state index in [9.17, 15) is 19.7 Å². The number of nitro groups is 1. The average molecular weight is 458 g/mol. The molecule has 1 aliphatic rings. The lowest BCUT2D eigenvalue weighted by molar-refractivity contribution is -0.384. The summed E-state index contributed by atoms with van der Waals surface area (Å²) in [5.41, 5.74) is 1.09. The highest BCUT2D eigenvalue weighted by molar-refractivity contribution is 9.10. The van der Waals surface area contributed by atoms with Crippen LogP contribution in [-0.4, -0.2) is 34.7 Å². The second-order valence-corrected chi connectivity index (χ2v) is 7.64. The molecule has 1 heterocycles. The summed E-state index contributed by atoms with van der Waals surface area (Å²) in [4.78, 5) is 37.7. The molecule has 150 valence electrons. The summed E-state index contributed by atoms with van der Waals surface area (Å²) in [5, 5.41) is 13.5. The average Bonchev–Trinajstić information content (AvgIpc) is 2.75. The van der Waals surface area contributed by atoms with Crippen molar-refractivity contribution in [3.63, 3.8) is 0 Å². The van der Waals surface area contributed by atoms with Crippen LogP contribution in [0.15, 0.2) is 58.7 Å². The molecule has 1 aliphatic heterocycles. The first-order chi connectivity index (χ1) is 13.9. The van der Waals surface area contributed by atoms with Gasteiger partial charge in [0.25, 0.3) is 17.5 Å². The third-order valence-electron chi connectivity index (χ3n) is 4.64. The van der Waals surface area contributed by atoms with Crippen molar-refractivity contribution in [3.8, 4) is 0 Å². The number of carbonyl (C=O) groups is 2. The van der Waals surface area contributed by atoms with Crippen molar-refractivity contribution >= 4 is 39.5 Å². The largest absolute Gasteiger partial charge is 0.337 e. The van der Waals surface area contributed by atoms with Crippen LogP contribution >= 0.6 is 15.9 Å². The lowest BCUT2D eigenvalue weighted by atomic mass is 10.1. The molecule has 1 N–H and O–H groups in total. The second-order valence-electron chi connectivity index (χ2n) is 6.72. The van der Waals surface area contributed by atoms with Gasteiger partial charge in [-0.05, 0) is 55.2 Å². The molecule has 2 aromatic rings. The van der Waals surface area contributed by atoms with Gasteiger partial charge in [-0.2, -0.15) is 0 Å². The van der Waals surface area contributed by atoms with E-state index in [0.717, 1.165) is 29.3 Å². The minimum atomic E-state index is -0.527. The minimum absolute atomic E-state index is 0.100. The van der Waals surface area contributed by atoms with E-state index >= 15 is 0 Å². The molecule has 2 aromatic carbocycles. The number of hydrogen-bond acceptors (Lipinski definition) is 4. The molecule has 0 spiro atoms. The van der Waals surface area contributed by atoms with E-state index in [4.69, 9.17) is 0 Å². The fraction of sp³-hybridized carbons (Fsp3) is 0.238. The van der Waals surface area contributed by atoms with E-state index in [0.29, 0.717) is 13.1 Å². The fourth-order valence-corrected chi connectivity index (χ4v) is 3.34. The highest BCUT2D eigenvalue weighted by Crippen LogP contribution is 2.17. The van der Waals surface area contributed by atoms with E-state index in [2.05, 4.69) is 21.2 Å². The molecule has 0 atom stereocenters. The van der Waals surface area contributed by atoms with Gasteiger partial charge in [-0.1, -0.05) is 28.1 Å². The number of nitrogens with one attached hydrogen (secondary N) is 1. The Morgan fingerprint density at radius 3 is 2.21 bits per heavy atom. The van der Waals surface area contributed by atoms with Gasteiger partial charge in [-0.25, -0.2) is 0 Å². The van der Waals surface area contributed by atoms with E-state index in [1.54, 1.807) is 11.0 Å². The van der Waals surface area contributed by atoms with Gasteiger partial charge in [0.05, 0.1) is 4.92 Å². The number of piperidine rings is 1. The maximum absolute atomic E-state index is 13.0.